The van der Waals surface area contributed by atoms with Crippen LogP contribution in [0.25, 0.3) is 0 Å². The highest BCUT2D eigenvalue weighted by atomic mass is 19.1. The number of alkyl halides is 1. The van der Waals surface area contributed by atoms with Gasteiger partial charge in [-0.25, -0.2) is 9.18 Å². The number of carbonyl (C=O) groups is 1. The lowest BCUT2D eigenvalue weighted by Crippen LogP contribution is -2.43. The van der Waals surface area contributed by atoms with Crippen molar-refractivity contribution in [3.8, 4) is 0 Å². The minimum atomic E-state index is -0.937. The molecule has 1 saturated heterocycles. The van der Waals surface area contributed by atoms with Crippen molar-refractivity contribution in [2.45, 2.75) is 50.4 Å². The summed E-state index contributed by atoms with van der Waals surface area (Å²) in [6.07, 6.45) is 2.79. The van der Waals surface area contributed by atoms with Gasteiger partial charge in [-0.2, -0.15) is 0 Å². The Morgan fingerprint density at radius 1 is 1.25 bits per heavy atom. The zero-order valence-electron chi connectivity index (χ0n) is 9.36. The van der Waals surface area contributed by atoms with Gasteiger partial charge < -0.3 is 10.4 Å². The zero-order chi connectivity index (χ0) is 11.5. The second-order valence-corrected chi connectivity index (χ2v) is 4.84. The molecule has 1 saturated carbocycles. The summed E-state index contributed by atoms with van der Waals surface area (Å²) >= 11 is 0. The summed E-state index contributed by atoms with van der Waals surface area (Å²) in [5.74, 6) is 0. The van der Waals surface area contributed by atoms with Gasteiger partial charge in [-0.15, -0.1) is 0 Å². The maximum absolute atomic E-state index is 13.0. The van der Waals surface area contributed by atoms with Crippen molar-refractivity contribution in [2.75, 3.05) is 13.1 Å². The van der Waals surface area contributed by atoms with Crippen LogP contribution in [0.15, 0.2) is 0 Å². The maximum Gasteiger partial charge on any atom is 0.404 e. The van der Waals surface area contributed by atoms with Gasteiger partial charge in [0.05, 0.1) is 0 Å². The lowest BCUT2D eigenvalue weighted by Gasteiger charge is -2.34. The summed E-state index contributed by atoms with van der Waals surface area (Å²) in [6.45, 7) is 1.44. The van der Waals surface area contributed by atoms with Gasteiger partial charge in [0.1, 0.15) is 6.17 Å². The average molecular weight is 230 g/mol. The molecule has 92 valence electrons. The van der Waals surface area contributed by atoms with E-state index in [9.17, 15) is 9.18 Å². The summed E-state index contributed by atoms with van der Waals surface area (Å²) in [4.78, 5) is 12.7. The van der Waals surface area contributed by atoms with Crippen LogP contribution >= 0.6 is 0 Å². The van der Waals surface area contributed by atoms with Crippen molar-refractivity contribution in [3.63, 3.8) is 0 Å². The highest BCUT2D eigenvalue weighted by molar-refractivity contribution is 5.64. The number of rotatable bonds is 2. The molecule has 2 N–H and O–H groups in total. The maximum atomic E-state index is 13.0. The van der Waals surface area contributed by atoms with E-state index in [0.717, 1.165) is 32.2 Å². The number of nitrogens with zero attached hydrogens (tertiary/aromatic N) is 1. The van der Waals surface area contributed by atoms with Gasteiger partial charge in [-0.3, -0.25) is 4.90 Å². The molecule has 0 aromatic carbocycles. The molecule has 2 fully saturated rings. The molecule has 1 heterocycles. The fourth-order valence-electron chi connectivity index (χ4n) is 2.83. The SMILES string of the molecule is O=C(O)NC1CCC(N2CCC(F)C2)CC1. The van der Waals surface area contributed by atoms with Crippen LogP contribution in [-0.4, -0.2) is 47.4 Å². The van der Waals surface area contributed by atoms with Crippen LogP contribution in [0.2, 0.25) is 0 Å². The van der Waals surface area contributed by atoms with Crippen molar-refractivity contribution >= 4 is 6.09 Å². The van der Waals surface area contributed by atoms with Crippen LogP contribution in [-0.2, 0) is 0 Å². The van der Waals surface area contributed by atoms with Gasteiger partial charge in [0.2, 0.25) is 0 Å². The molecule has 1 amide bonds. The van der Waals surface area contributed by atoms with E-state index in [1.165, 1.54) is 0 Å². The number of halogens is 1. The first-order chi connectivity index (χ1) is 7.65. The number of carboxylic acid groups (broad SMARTS) is 1. The van der Waals surface area contributed by atoms with Crippen LogP contribution in [0.5, 0.6) is 0 Å². The topological polar surface area (TPSA) is 52.6 Å². The minimum Gasteiger partial charge on any atom is -0.465 e. The van der Waals surface area contributed by atoms with Crippen LogP contribution in [0.1, 0.15) is 32.1 Å². The standard InChI is InChI=1S/C11H19FN2O2/c12-8-5-6-14(7-8)10-3-1-9(2-4-10)13-11(15)16/h8-10,13H,1-7H2,(H,15,16). The van der Waals surface area contributed by atoms with Gasteiger partial charge in [-0.05, 0) is 32.1 Å². The molecular formula is C11H19FN2O2. The molecule has 1 unspecified atom stereocenters. The van der Waals surface area contributed by atoms with E-state index in [4.69, 9.17) is 5.11 Å². The van der Waals surface area contributed by atoms with Gasteiger partial charge in [-0.1, -0.05) is 0 Å². The Morgan fingerprint density at radius 2 is 1.94 bits per heavy atom. The summed E-state index contributed by atoms with van der Waals surface area (Å²) in [5, 5.41) is 11.1. The zero-order valence-corrected chi connectivity index (χ0v) is 9.36. The van der Waals surface area contributed by atoms with Crippen molar-refractivity contribution in [2.24, 2.45) is 0 Å². The highest BCUT2D eigenvalue weighted by Gasteiger charge is 2.31. The largest absolute Gasteiger partial charge is 0.465 e. The fraction of sp³-hybridized carbons (Fsp3) is 0.909. The van der Waals surface area contributed by atoms with Gasteiger partial charge in [0.25, 0.3) is 0 Å². The molecular weight excluding hydrogens is 211 g/mol. The first kappa shape index (κ1) is 11.6. The average Bonchev–Trinajstić information content (AvgIpc) is 2.65. The summed E-state index contributed by atoms with van der Waals surface area (Å²) in [6, 6.07) is 0.560. The van der Waals surface area contributed by atoms with E-state index in [-0.39, 0.29) is 6.04 Å². The number of amides is 1. The minimum absolute atomic E-state index is 0.0949. The summed E-state index contributed by atoms with van der Waals surface area (Å²) < 4.78 is 13.0. The quantitative estimate of drug-likeness (QED) is 0.757. The molecule has 16 heavy (non-hydrogen) atoms. The molecule has 2 aliphatic rings. The second-order valence-electron chi connectivity index (χ2n) is 4.84. The Labute approximate surface area is 94.8 Å². The van der Waals surface area contributed by atoms with E-state index in [1.807, 2.05) is 0 Å². The molecule has 5 heteroatoms. The van der Waals surface area contributed by atoms with Gasteiger partial charge in [0, 0.05) is 25.2 Å². The highest BCUT2D eigenvalue weighted by Crippen LogP contribution is 2.26. The van der Waals surface area contributed by atoms with Crippen LogP contribution in [0.3, 0.4) is 0 Å². The summed E-state index contributed by atoms with van der Waals surface area (Å²) in [7, 11) is 0. The molecule has 0 aromatic rings. The third-order valence-electron chi connectivity index (χ3n) is 3.70. The third-order valence-corrected chi connectivity index (χ3v) is 3.70. The first-order valence-corrected chi connectivity index (χ1v) is 6.02. The normalized spacial score (nSPS) is 36.2. The Hall–Kier alpha value is -0.840. The van der Waals surface area contributed by atoms with E-state index in [1.54, 1.807) is 0 Å². The van der Waals surface area contributed by atoms with Crippen LogP contribution in [0.4, 0.5) is 9.18 Å². The third kappa shape index (κ3) is 2.84. The van der Waals surface area contributed by atoms with Crippen LogP contribution in [0, 0.1) is 0 Å². The van der Waals surface area contributed by atoms with E-state index in [0.29, 0.717) is 19.0 Å². The molecule has 1 atom stereocenters. The lowest BCUT2D eigenvalue weighted by atomic mass is 9.90. The van der Waals surface area contributed by atoms with Crippen molar-refractivity contribution in [1.29, 1.82) is 0 Å². The molecule has 0 bridgehead atoms. The molecule has 0 aromatic heterocycles. The Balaban J connectivity index is 1.74. The van der Waals surface area contributed by atoms with Gasteiger partial charge >= 0.3 is 6.09 Å². The van der Waals surface area contributed by atoms with E-state index in [2.05, 4.69) is 10.2 Å². The molecule has 2 rings (SSSR count). The number of nitrogens with one attached hydrogen (secondary N) is 1. The van der Waals surface area contributed by atoms with Crippen LogP contribution < -0.4 is 5.32 Å². The predicted molar refractivity (Wildman–Crippen MR) is 58.3 cm³/mol. The Bertz CT molecular complexity index is 254. The fourth-order valence-corrected chi connectivity index (χ4v) is 2.83. The molecule has 0 spiro atoms. The molecule has 1 aliphatic carbocycles. The van der Waals surface area contributed by atoms with Crippen molar-refractivity contribution < 1.29 is 14.3 Å². The monoisotopic (exact) mass is 230 g/mol. The van der Waals surface area contributed by atoms with E-state index < -0.39 is 12.3 Å². The van der Waals surface area contributed by atoms with Crippen molar-refractivity contribution in [1.82, 2.24) is 10.2 Å². The second kappa shape index (κ2) is 4.99. The molecule has 0 radical (unpaired) electrons. The predicted octanol–water partition coefficient (Wildman–Crippen LogP) is 1.61. The molecule has 4 nitrogen and oxygen atoms in total. The van der Waals surface area contributed by atoms with E-state index >= 15 is 0 Å². The van der Waals surface area contributed by atoms with Gasteiger partial charge in [0.15, 0.2) is 0 Å². The first-order valence-electron chi connectivity index (χ1n) is 6.02. The Kier molecular flexibility index (Phi) is 3.63. The number of hydrogen-bond donors (Lipinski definition) is 2. The molecule has 1 aliphatic heterocycles. The lowest BCUT2D eigenvalue weighted by molar-refractivity contribution is 0.153. The number of hydrogen-bond acceptors (Lipinski definition) is 2. The summed E-state index contributed by atoms with van der Waals surface area (Å²) in [5.41, 5.74) is 0. The van der Waals surface area contributed by atoms with Crippen molar-refractivity contribution in [3.05, 3.63) is 0 Å². The number of likely N-dealkylation sites (tertiary alicyclic amines) is 1. The Morgan fingerprint density at radius 3 is 2.44 bits per heavy atom. The smallest absolute Gasteiger partial charge is 0.404 e.